The van der Waals surface area contributed by atoms with Gasteiger partial charge in [-0.2, -0.15) is 0 Å². The third-order valence-corrected chi connectivity index (χ3v) is 2.30. The Morgan fingerprint density at radius 2 is 2.25 bits per heavy atom. The molecule has 84 valence electrons. The van der Waals surface area contributed by atoms with Gasteiger partial charge < -0.3 is 4.74 Å². The monoisotopic (exact) mass is 219 g/mol. The number of hydrogen-bond donors (Lipinski definition) is 0. The van der Waals surface area contributed by atoms with Gasteiger partial charge in [0.05, 0.1) is 5.52 Å². The highest BCUT2D eigenvalue weighted by Gasteiger charge is 2.15. The SMILES string of the molecule is CCC(OC(C)=O)n1nnc2ccccc21. The molecule has 0 saturated heterocycles. The maximum absolute atomic E-state index is 11.0. The van der Waals surface area contributed by atoms with E-state index in [1.165, 1.54) is 6.92 Å². The van der Waals surface area contributed by atoms with Crippen LogP contribution in [0.5, 0.6) is 0 Å². The molecule has 0 aliphatic heterocycles. The molecular formula is C11H13N3O2. The number of rotatable bonds is 3. The first-order valence-electron chi connectivity index (χ1n) is 5.19. The van der Waals surface area contributed by atoms with Gasteiger partial charge in [0.15, 0.2) is 6.23 Å². The van der Waals surface area contributed by atoms with E-state index in [0.29, 0.717) is 6.42 Å². The molecule has 0 aliphatic rings. The Kier molecular flexibility index (Phi) is 2.85. The highest BCUT2D eigenvalue weighted by molar-refractivity contribution is 5.74. The standard InChI is InChI=1S/C11H13N3O2/c1-3-11(16-8(2)15)14-10-7-5-4-6-9(10)12-13-14/h4-7,11H,3H2,1-2H3. The zero-order valence-electron chi connectivity index (χ0n) is 9.25. The van der Waals surface area contributed by atoms with Gasteiger partial charge in [0.25, 0.3) is 0 Å². The van der Waals surface area contributed by atoms with Crippen LogP contribution in [0.15, 0.2) is 24.3 Å². The molecule has 0 amide bonds. The van der Waals surface area contributed by atoms with E-state index in [2.05, 4.69) is 10.3 Å². The normalized spacial score (nSPS) is 12.6. The Morgan fingerprint density at radius 3 is 2.94 bits per heavy atom. The van der Waals surface area contributed by atoms with Gasteiger partial charge in [-0.25, -0.2) is 4.68 Å². The van der Waals surface area contributed by atoms with Crippen LogP contribution < -0.4 is 0 Å². The lowest BCUT2D eigenvalue weighted by Crippen LogP contribution is -2.16. The molecule has 16 heavy (non-hydrogen) atoms. The zero-order chi connectivity index (χ0) is 11.5. The number of carbonyl (C=O) groups is 1. The summed E-state index contributed by atoms with van der Waals surface area (Å²) in [5, 5.41) is 8.03. The van der Waals surface area contributed by atoms with Crippen LogP contribution >= 0.6 is 0 Å². The molecule has 2 rings (SSSR count). The van der Waals surface area contributed by atoms with Gasteiger partial charge in [0, 0.05) is 13.3 Å². The van der Waals surface area contributed by atoms with E-state index in [1.807, 2.05) is 31.2 Å². The third-order valence-electron chi connectivity index (χ3n) is 2.30. The van der Waals surface area contributed by atoms with Crippen molar-refractivity contribution in [3.8, 4) is 0 Å². The minimum absolute atomic E-state index is 0.313. The van der Waals surface area contributed by atoms with E-state index >= 15 is 0 Å². The highest BCUT2D eigenvalue weighted by Crippen LogP contribution is 2.18. The fourth-order valence-electron chi connectivity index (χ4n) is 1.60. The smallest absolute Gasteiger partial charge is 0.304 e. The topological polar surface area (TPSA) is 57.0 Å². The van der Waals surface area contributed by atoms with Gasteiger partial charge in [-0.15, -0.1) is 5.10 Å². The summed E-state index contributed by atoms with van der Waals surface area (Å²) >= 11 is 0. The maximum atomic E-state index is 11.0. The minimum atomic E-state index is -0.384. The molecule has 0 radical (unpaired) electrons. The van der Waals surface area contributed by atoms with Gasteiger partial charge in [-0.05, 0) is 12.1 Å². The van der Waals surface area contributed by atoms with Gasteiger partial charge in [0.2, 0.25) is 0 Å². The van der Waals surface area contributed by atoms with Crippen molar-refractivity contribution >= 4 is 17.0 Å². The molecule has 5 heteroatoms. The Labute approximate surface area is 93.0 Å². The third kappa shape index (κ3) is 1.88. The molecule has 0 spiro atoms. The molecule has 0 aliphatic carbocycles. The number of ether oxygens (including phenoxy) is 1. The van der Waals surface area contributed by atoms with Crippen molar-refractivity contribution in [3.05, 3.63) is 24.3 Å². The van der Waals surface area contributed by atoms with E-state index in [4.69, 9.17) is 4.74 Å². The Bertz CT molecular complexity index is 507. The first-order valence-corrected chi connectivity index (χ1v) is 5.19. The van der Waals surface area contributed by atoms with Crippen molar-refractivity contribution in [1.29, 1.82) is 0 Å². The summed E-state index contributed by atoms with van der Waals surface area (Å²) < 4.78 is 6.81. The molecule has 1 atom stereocenters. The van der Waals surface area contributed by atoms with E-state index in [0.717, 1.165) is 11.0 Å². The summed E-state index contributed by atoms with van der Waals surface area (Å²) in [5.41, 5.74) is 1.67. The second-order valence-electron chi connectivity index (χ2n) is 3.50. The van der Waals surface area contributed by atoms with Gasteiger partial charge in [0.1, 0.15) is 5.52 Å². The number of hydrogen-bond acceptors (Lipinski definition) is 4. The van der Waals surface area contributed by atoms with Crippen molar-refractivity contribution < 1.29 is 9.53 Å². The summed E-state index contributed by atoms with van der Waals surface area (Å²) in [7, 11) is 0. The maximum Gasteiger partial charge on any atom is 0.304 e. The Balaban J connectivity index is 2.41. The van der Waals surface area contributed by atoms with Gasteiger partial charge >= 0.3 is 5.97 Å². The van der Waals surface area contributed by atoms with E-state index < -0.39 is 0 Å². The van der Waals surface area contributed by atoms with Crippen LogP contribution in [0, 0.1) is 0 Å². The van der Waals surface area contributed by atoms with E-state index in [1.54, 1.807) is 4.68 Å². The number of aromatic nitrogens is 3. The highest BCUT2D eigenvalue weighted by atomic mass is 16.6. The fraction of sp³-hybridized carbons (Fsp3) is 0.364. The molecule has 1 heterocycles. The molecule has 1 unspecified atom stereocenters. The van der Waals surface area contributed by atoms with Crippen LogP contribution in [0.1, 0.15) is 26.5 Å². The van der Waals surface area contributed by atoms with Crippen molar-refractivity contribution in [1.82, 2.24) is 15.0 Å². The fourth-order valence-corrected chi connectivity index (χ4v) is 1.60. The average Bonchev–Trinajstić information content (AvgIpc) is 2.69. The van der Waals surface area contributed by atoms with Gasteiger partial charge in [-0.3, -0.25) is 4.79 Å². The van der Waals surface area contributed by atoms with Crippen LogP contribution in [-0.2, 0) is 9.53 Å². The van der Waals surface area contributed by atoms with Crippen LogP contribution in [0.3, 0.4) is 0 Å². The number of nitrogens with zero attached hydrogens (tertiary/aromatic N) is 3. The number of carbonyl (C=O) groups excluding carboxylic acids is 1. The number of fused-ring (bicyclic) bond motifs is 1. The minimum Gasteiger partial charge on any atom is -0.440 e. The van der Waals surface area contributed by atoms with Crippen molar-refractivity contribution in [2.75, 3.05) is 0 Å². The largest absolute Gasteiger partial charge is 0.440 e. The molecular weight excluding hydrogens is 206 g/mol. The van der Waals surface area contributed by atoms with Crippen LogP contribution in [-0.4, -0.2) is 21.0 Å². The van der Waals surface area contributed by atoms with E-state index in [9.17, 15) is 4.79 Å². The Morgan fingerprint density at radius 1 is 1.50 bits per heavy atom. The summed E-state index contributed by atoms with van der Waals surface area (Å²) in [6, 6.07) is 7.58. The zero-order valence-corrected chi connectivity index (χ0v) is 9.25. The number of benzene rings is 1. The molecule has 2 aromatic rings. The Hall–Kier alpha value is -1.91. The van der Waals surface area contributed by atoms with Crippen molar-refractivity contribution in [2.24, 2.45) is 0 Å². The summed E-state index contributed by atoms with van der Waals surface area (Å²) in [6.07, 6.45) is 0.275. The van der Waals surface area contributed by atoms with Crippen LogP contribution in [0.4, 0.5) is 0 Å². The molecule has 5 nitrogen and oxygen atoms in total. The predicted molar refractivity (Wildman–Crippen MR) is 58.6 cm³/mol. The molecule has 0 N–H and O–H groups in total. The molecule has 0 bridgehead atoms. The average molecular weight is 219 g/mol. The molecule has 0 fully saturated rings. The van der Waals surface area contributed by atoms with E-state index in [-0.39, 0.29) is 12.2 Å². The molecule has 1 aromatic heterocycles. The summed E-state index contributed by atoms with van der Waals surface area (Å²) in [6.45, 7) is 3.33. The second-order valence-corrected chi connectivity index (χ2v) is 3.50. The lowest BCUT2D eigenvalue weighted by Gasteiger charge is -2.15. The predicted octanol–water partition coefficient (Wildman–Crippen LogP) is 1.90. The van der Waals surface area contributed by atoms with Gasteiger partial charge in [-0.1, -0.05) is 24.3 Å². The summed E-state index contributed by atoms with van der Waals surface area (Å²) in [5.74, 6) is -0.313. The number of para-hydroxylation sites is 1. The quantitative estimate of drug-likeness (QED) is 0.740. The first-order chi connectivity index (χ1) is 7.72. The van der Waals surface area contributed by atoms with Crippen molar-refractivity contribution in [3.63, 3.8) is 0 Å². The first kappa shape index (κ1) is 10.6. The number of esters is 1. The second kappa shape index (κ2) is 4.30. The van der Waals surface area contributed by atoms with Crippen LogP contribution in [0.2, 0.25) is 0 Å². The molecule has 0 saturated carbocycles. The molecule has 1 aromatic carbocycles. The van der Waals surface area contributed by atoms with Crippen molar-refractivity contribution in [2.45, 2.75) is 26.5 Å². The lowest BCUT2D eigenvalue weighted by atomic mass is 10.3. The van der Waals surface area contributed by atoms with Crippen LogP contribution in [0.25, 0.3) is 11.0 Å². The summed E-state index contributed by atoms with van der Waals surface area (Å²) in [4.78, 5) is 11.0. The lowest BCUT2D eigenvalue weighted by molar-refractivity contribution is -0.151.